The smallest absolute Gasteiger partial charge is 0.325 e. The zero-order valence-corrected chi connectivity index (χ0v) is 11.2. The van der Waals surface area contributed by atoms with Crippen molar-refractivity contribution < 1.29 is 19.1 Å². The highest BCUT2D eigenvalue weighted by Crippen LogP contribution is 2.23. The Bertz CT molecular complexity index is 375. The van der Waals surface area contributed by atoms with E-state index in [2.05, 4.69) is 15.5 Å². The van der Waals surface area contributed by atoms with Crippen LogP contribution in [-0.2, 0) is 19.1 Å². The molecular formula is C13H18N2O4. The van der Waals surface area contributed by atoms with Crippen LogP contribution in [0.15, 0.2) is 0 Å². The third-order valence-electron chi connectivity index (χ3n) is 2.79. The Kier molecular flexibility index (Phi) is 8.82. The normalized spacial score (nSPS) is 15.2. The summed E-state index contributed by atoms with van der Waals surface area (Å²) in [7, 11) is 1.23. The van der Waals surface area contributed by atoms with Gasteiger partial charge in [0.05, 0.1) is 25.5 Å². The predicted octanol–water partition coefficient (Wildman–Crippen LogP) is 1.91. The molecule has 0 aromatic heterocycles. The third kappa shape index (κ3) is 7.77. The molecule has 0 N–H and O–H groups in total. The average Bonchev–Trinajstić information content (AvgIpc) is 2.92. The van der Waals surface area contributed by atoms with Crippen LogP contribution in [0.3, 0.4) is 0 Å². The highest BCUT2D eigenvalue weighted by molar-refractivity contribution is 5.79. The number of esters is 2. The van der Waals surface area contributed by atoms with Crippen molar-refractivity contribution in [3.63, 3.8) is 0 Å². The molecule has 0 radical (unpaired) electrons. The maximum absolute atomic E-state index is 10.7. The number of hydrogen-bond donors (Lipinski definition) is 0. The largest absolute Gasteiger partial charge is 0.469 e. The Labute approximate surface area is 112 Å². The van der Waals surface area contributed by atoms with Gasteiger partial charge >= 0.3 is 11.9 Å². The van der Waals surface area contributed by atoms with Gasteiger partial charge in [0.1, 0.15) is 0 Å². The summed E-state index contributed by atoms with van der Waals surface area (Å²) < 4.78 is 8.33. The zero-order valence-electron chi connectivity index (χ0n) is 11.2. The lowest BCUT2D eigenvalue weighted by atomic mass is 10.1. The monoisotopic (exact) mass is 266 g/mol. The summed E-state index contributed by atoms with van der Waals surface area (Å²) >= 11 is 0. The number of carbonyl (C=O) groups is 2. The van der Waals surface area contributed by atoms with Crippen LogP contribution in [0, 0.1) is 34.7 Å². The van der Waals surface area contributed by atoms with Gasteiger partial charge in [-0.2, -0.15) is 5.26 Å². The van der Waals surface area contributed by atoms with Crippen LogP contribution in [-0.4, -0.2) is 19.0 Å². The summed E-state index contributed by atoms with van der Waals surface area (Å²) in [5, 5.41) is 16.3. The van der Waals surface area contributed by atoms with E-state index in [1.54, 1.807) is 0 Å². The first-order chi connectivity index (χ1) is 9.04. The fourth-order valence-electron chi connectivity index (χ4n) is 1.62. The Hall–Kier alpha value is -2.08. The Balaban J connectivity index is 0.000000388. The van der Waals surface area contributed by atoms with E-state index in [1.807, 2.05) is 0 Å². The number of carbonyl (C=O) groups excluding carboxylic acids is 2. The van der Waals surface area contributed by atoms with Crippen molar-refractivity contribution in [2.45, 2.75) is 39.0 Å². The molecule has 6 heteroatoms. The minimum Gasteiger partial charge on any atom is -0.469 e. The van der Waals surface area contributed by atoms with Crippen LogP contribution < -0.4 is 0 Å². The minimum atomic E-state index is -0.720. The van der Waals surface area contributed by atoms with Gasteiger partial charge in [-0.25, -0.2) is 0 Å². The zero-order chi connectivity index (χ0) is 14.7. The van der Waals surface area contributed by atoms with Gasteiger partial charge in [-0.15, -0.1) is 5.26 Å². The number of rotatable bonds is 3. The van der Waals surface area contributed by atoms with Crippen LogP contribution in [0.25, 0.3) is 0 Å². The van der Waals surface area contributed by atoms with Crippen molar-refractivity contribution >= 4 is 11.9 Å². The second-order valence-electron chi connectivity index (χ2n) is 4.30. The highest BCUT2D eigenvalue weighted by Gasteiger charge is 2.18. The first-order valence-electron chi connectivity index (χ1n) is 6.11. The summed E-state index contributed by atoms with van der Waals surface area (Å²) in [5.74, 6) is -1.46. The molecule has 0 heterocycles. The van der Waals surface area contributed by atoms with E-state index < -0.39 is 17.9 Å². The van der Waals surface area contributed by atoms with Gasteiger partial charge in [0, 0.05) is 5.92 Å². The number of methoxy groups -OCH3 is 1. The topological polar surface area (TPSA) is 100 Å². The fraction of sp³-hybridized carbons (Fsp3) is 0.692. The summed E-state index contributed by atoms with van der Waals surface area (Å²) in [5.41, 5.74) is 0. The molecule has 0 bridgehead atoms. The molecule has 0 aromatic carbocycles. The van der Waals surface area contributed by atoms with Crippen LogP contribution >= 0.6 is 0 Å². The van der Waals surface area contributed by atoms with Crippen molar-refractivity contribution in [3.05, 3.63) is 0 Å². The van der Waals surface area contributed by atoms with Crippen molar-refractivity contribution in [2.75, 3.05) is 7.11 Å². The quantitative estimate of drug-likeness (QED) is 0.571. The minimum absolute atomic E-state index is 0.0724. The fourth-order valence-corrected chi connectivity index (χ4v) is 1.62. The first-order valence-corrected chi connectivity index (χ1v) is 6.11. The Morgan fingerprint density at radius 1 is 1.32 bits per heavy atom. The molecule has 1 aliphatic carbocycles. The SMILES string of the molecule is COC(=O)CC(C)C(=O)OC#N.N#CC1CCCC1. The lowest BCUT2D eigenvalue weighted by Crippen LogP contribution is -2.17. The molecule has 0 amide bonds. The molecule has 0 aromatic rings. The number of ether oxygens (including phenoxy) is 2. The number of nitriles is 2. The molecule has 1 saturated carbocycles. The van der Waals surface area contributed by atoms with Gasteiger partial charge < -0.3 is 9.47 Å². The number of hydrogen-bond acceptors (Lipinski definition) is 6. The third-order valence-corrected chi connectivity index (χ3v) is 2.79. The van der Waals surface area contributed by atoms with Gasteiger partial charge in [0.25, 0.3) is 6.26 Å². The van der Waals surface area contributed by atoms with Gasteiger partial charge in [-0.1, -0.05) is 19.8 Å². The molecule has 1 aliphatic rings. The van der Waals surface area contributed by atoms with Gasteiger partial charge in [-0.3, -0.25) is 9.59 Å². The summed E-state index contributed by atoms with van der Waals surface area (Å²) in [6.45, 7) is 1.48. The van der Waals surface area contributed by atoms with Gasteiger partial charge in [0.2, 0.25) is 0 Å². The van der Waals surface area contributed by atoms with Crippen molar-refractivity contribution in [3.8, 4) is 12.3 Å². The first kappa shape index (κ1) is 16.9. The molecule has 1 fully saturated rings. The Morgan fingerprint density at radius 3 is 2.26 bits per heavy atom. The molecule has 1 unspecified atom stereocenters. The van der Waals surface area contributed by atoms with E-state index in [1.165, 1.54) is 33.1 Å². The molecule has 19 heavy (non-hydrogen) atoms. The molecular weight excluding hydrogens is 248 g/mol. The van der Waals surface area contributed by atoms with E-state index in [4.69, 9.17) is 10.5 Å². The second-order valence-corrected chi connectivity index (χ2v) is 4.30. The van der Waals surface area contributed by atoms with E-state index >= 15 is 0 Å². The predicted molar refractivity (Wildman–Crippen MR) is 65.1 cm³/mol. The summed E-state index contributed by atoms with van der Waals surface area (Å²) in [6.07, 6.45) is 6.02. The molecule has 1 atom stereocenters. The summed E-state index contributed by atoms with van der Waals surface area (Å²) in [6, 6.07) is 2.26. The van der Waals surface area contributed by atoms with E-state index in [-0.39, 0.29) is 6.42 Å². The molecule has 6 nitrogen and oxygen atoms in total. The van der Waals surface area contributed by atoms with Crippen LogP contribution in [0.5, 0.6) is 0 Å². The van der Waals surface area contributed by atoms with E-state index in [9.17, 15) is 9.59 Å². The highest BCUT2D eigenvalue weighted by atomic mass is 16.5. The molecule has 0 saturated heterocycles. The van der Waals surface area contributed by atoms with E-state index in [0.717, 1.165) is 12.8 Å². The summed E-state index contributed by atoms with van der Waals surface area (Å²) in [4.78, 5) is 21.4. The Morgan fingerprint density at radius 2 is 1.89 bits per heavy atom. The average molecular weight is 266 g/mol. The van der Waals surface area contributed by atoms with Gasteiger partial charge in [-0.05, 0) is 12.8 Å². The molecule has 104 valence electrons. The van der Waals surface area contributed by atoms with Crippen LogP contribution in [0.2, 0.25) is 0 Å². The lowest BCUT2D eigenvalue weighted by molar-refractivity contribution is -0.149. The molecule has 0 aliphatic heterocycles. The second kappa shape index (κ2) is 9.90. The maximum atomic E-state index is 10.7. The maximum Gasteiger partial charge on any atom is 0.325 e. The van der Waals surface area contributed by atoms with Crippen molar-refractivity contribution in [1.29, 1.82) is 10.5 Å². The van der Waals surface area contributed by atoms with Gasteiger partial charge in [0.15, 0.2) is 0 Å². The van der Waals surface area contributed by atoms with E-state index in [0.29, 0.717) is 5.92 Å². The molecule has 1 rings (SSSR count). The van der Waals surface area contributed by atoms with Crippen molar-refractivity contribution in [1.82, 2.24) is 0 Å². The lowest BCUT2D eigenvalue weighted by Gasteiger charge is -2.04. The van der Waals surface area contributed by atoms with Crippen LogP contribution in [0.4, 0.5) is 0 Å². The van der Waals surface area contributed by atoms with Crippen LogP contribution in [0.1, 0.15) is 39.0 Å². The standard InChI is InChI=1S/C7H9NO4.C6H9N/c1-5(3-6(9)11-2)7(10)12-4-8;7-5-6-3-1-2-4-6/h5H,3H2,1-2H3;6H,1-4H2. The van der Waals surface area contributed by atoms with Crippen molar-refractivity contribution in [2.24, 2.45) is 11.8 Å². The molecule has 0 spiro atoms. The number of nitrogens with zero attached hydrogens (tertiary/aromatic N) is 2.